The van der Waals surface area contributed by atoms with Crippen LogP contribution >= 0.6 is 7.83 Å². The predicted molar refractivity (Wildman–Crippen MR) is 40.0 cm³/mol. The molecule has 0 saturated heterocycles. The third-order valence-corrected chi connectivity index (χ3v) is 3.28. The Labute approximate surface area is 94.6 Å². The van der Waals surface area contributed by atoms with E-state index in [1.54, 1.807) is 0 Å². The van der Waals surface area contributed by atoms with Crippen LogP contribution in [-0.2, 0) is 19.1 Å². The molecule has 2 N–H and O–H groups in total. The standard InChI is InChI=1S/C3H3F7NO5PS/c4-2(5,6)1(3(7,8)9)16-18(14,15)11-17(10,12)13/h1H,(H2,11,12,13). The van der Waals surface area contributed by atoms with Crippen molar-refractivity contribution < 1.29 is 52.6 Å². The van der Waals surface area contributed by atoms with Crippen LogP contribution in [0.15, 0.2) is 0 Å². The Morgan fingerprint density at radius 1 is 1.11 bits per heavy atom. The van der Waals surface area contributed by atoms with E-state index in [0.717, 1.165) is 0 Å². The Bertz CT molecular complexity index is 421. The Morgan fingerprint density at radius 3 is 1.67 bits per heavy atom. The highest BCUT2D eigenvalue weighted by molar-refractivity contribution is 7.90. The molecule has 0 heterocycles. The lowest BCUT2D eigenvalue weighted by atomic mass is 10.3. The third kappa shape index (κ3) is 6.49. The summed E-state index contributed by atoms with van der Waals surface area (Å²) in [6, 6.07) is 0. The second-order valence-corrected chi connectivity index (χ2v) is 5.44. The first-order valence-corrected chi connectivity index (χ1v) is 6.38. The molecule has 0 saturated carbocycles. The summed E-state index contributed by atoms with van der Waals surface area (Å²) in [6.07, 6.45) is -17.2. The average Bonchev–Trinajstić information content (AvgIpc) is 1.90. The minimum atomic E-state index is -6.18. The molecule has 0 aliphatic heterocycles. The number of hydrogen-bond donors (Lipinski definition) is 2. The second kappa shape index (κ2) is 4.92. The molecule has 0 bridgehead atoms. The van der Waals surface area contributed by atoms with Crippen molar-refractivity contribution in [2.45, 2.75) is 18.5 Å². The van der Waals surface area contributed by atoms with Gasteiger partial charge in [0, 0.05) is 0 Å². The number of rotatable bonds is 4. The smallest absolute Gasteiger partial charge is 0.309 e. The highest BCUT2D eigenvalue weighted by atomic mass is 32.2. The Hall–Kier alpha value is -0.430. The predicted octanol–water partition coefficient (Wildman–Crippen LogP) is 1.40. The SMILES string of the molecule is O=P(O)(F)NS(=O)(=O)OC(C(F)(F)F)C(F)(F)F. The third-order valence-electron chi connectivity index (χ3n) is 1.04. The fourth-order valence-electron chi connectivity index (χ4n) is 0.581. The zero-order valence-corrected chi connectivity index (χ0v) is 9.37. The highest BCUT2D eigenvalue weighted by Gasteiger charge is 2.60. The average molecular weight is 329 g/mol. The quantitative estimate of drug-likeness (QED) is 0.601. The molecule has 0 amide bonds. The molecule has 110 valence electrons. The summed E-state index contributed by atoms with van der Waals surface area (Å²) in [5, 5.41) is 0. The van der Waals surface area contributed by atoms with Crippen LogP contribution in [0.25, 0.3) is 0 Å². The van der Waals surface area contributed by atoms with Gasteiger partial charge in [-0.05, 0) is 0 Å². The van der Waals surface area contributed by atoms with E-state index in [1.807, 2.05) is 0 Å². The van der Waals surface area contributed by atoms with Crippen LogP contribution in [-0.4, -0.2) is 31.8 Å². The van der Waals surface area contributed by atoms with Gasteiger partial charge in [0.05, 0.1) is 0 Å². The monoisotopic (exact) mass is 329 g/mol. The van der Waals surface area contributed by atoms with Crippen molar-refractivity contribution in [3.8, 4) is 0 Å². The van der Waals surface area contributed by atoms with Gasteiger partial charge >= 0.3 is 30.5 Å². The van der Waals surface area contributed by atoms with Crippen LogP contribution in [0.1, 0.15) is 0 Å². The molecular weight excluding hydrogens is 326 g/mol. The molecule has 0 aliphatic carbocycles. The first kappa shape index (κ1) is 17.6. The lowest BCUT2D eigenvalue weighted by Crippen LogP contribution is -2.47. The van der Waals surface area contributed by atoms with Crippen LogP contribution < -0.4 is 4.49 Å². The summed E-state index contributed by atoms with van der Waals surface area (Å²) < 4.78 is 116. The lowest BCUT2D eigenvalue weighted by molar-refractivity contribution is -0.299. The van der Waals surface area contributed by atoms with Crippen LogP contribution in [0.5, 0.6) is 0 Å². The van der Waals surface area contributed by atoms with Crippen LogP contribution in [0.3, 0.4) is 0 Å². The van der Waals surface area contributed by atoms with Crippen LogP contribution in [0, 0.1) is 0 Å². The molecular formula is C3H3F7NO5PS. The van der Waals surface area contributed by atoms with E-state index < -0.39 is 36.6 Å². The molecule has 15 heteroatoms. The molecule has 6 nitrogen and oxygen atoms in total. The van der Waals surface area contributed by atoms with Crippen LogP contribution in [0.4, 0.5) is 30.5 Å². The number of halogens is 7. The zero-order chi connectivity index (χ0) is 15.0. The van der Waals surface area contributed by atoms with Crippen molar-refractivity contribution in [1.29, 1.82) is 0 Å². The molecule has 18 heavy (non-hydrogen) atoms. The maximum atomic E-state index is 11.9. The van der Waals surface area contributed by atoms with Crippen molar-refractivity contribution in [1.82, 2.24) is 4.49 Å². The van der Waals surface area contributed by atoms with Gasteiger partial charge in [0.25, 0.3) is 6.10 Å². The number of hydrogen-bond acceptors (Lipinski definition) is 4. The van der Waals surface area contributed by atoms with E-state index in [2.05, 4.69) is 4.18 Å². The van der Waals surface area contributed by atoms with Crippen molar-refractivity contribution in [2.24, 2.45) is 0 Å². The molecule has 0 rings (SSSR count). The topological polar surface area (TPSA) is 92.7 Å². The lowest BCUT2D eigenvalue weighted by Gasteiger charge is -2.22. The second-order valence-electron chi connectivity index (χ2n) is 2.61. The van der Waals surface area contributed by atoms with E-state index in [1.165, 1.54) is 0 Å². The Morgan fingerprint density at radius 2 is 1.44 bits per heavy atom. The molecule has 0 aliphatic rings. The summed E-state index contributed by atoms with van der Waals surface area (Å²) in [6.45, 7) is 0. The highest BCUT2D eigenvalue weighted by Crippen LogP contribution is 2.40. The Balaban J connectivity index is 5.21. The van der Waals surface area contributed by atoms with E-state index in [-0.39, 0.29) is 4.49 Å². The minimum Gasteiger partial charge on any atom is -0.309 e. The van der Waals surface area contributed by atoms with Crippen molar-refractivity contribution in [3.63, 3.8) is 0 Å². The fourth-order valence-corrected chi connectivity index (χ4v) is 2.33. The van der Waals surface area contributed by atoms with Gasteiger partial charge in [0.1, 0.15) is 0 Å². The number of nitrogens with one attached hydrogen (secondary N) is 1. The maximum absolute atomic E-state index is 11.9. The van der Waals surface area contributed by atoms with Gasteiger partial charge in [-0.25, -0.2) is 8.75 Å². The molecule has 1 atom stereocenters. The molecule has 0 radical (unpaired) electrons. The molecule has 0 aromatic heterocycles. The molecule has 0 fully saturated rings. The summed E-state index contributed by atoms with van der Waals surface area (Å²) in [4.78, 5) is 7.83. The van der Waals surface area contributed by atoms with Gasteiger partial charge in [-0.15, -0.1) is 4.20 Å². The van der Waals surface area contributed by atoms with Crippen molar-refractivity contribution in [3.05, 3.63) is 0 Å². The summed E-state index contributed by atoms with van der Waals surface area (Å²) >= 11 is 0. The fraction of sp³-hybridized carbons (Fsp3) is 1.00. The van der Waals surface area contributed by atoms with Gasteiger partial charge < -0.3 is 4.89 Å². The van der Waals surface area contributed by atoms with Gasteiger partial charge in [-0.1, -0.05) is 4.49 Å². The minimum absolute atomic E-state index is 0.0354. The zero-order valence-electron chi connectivity index (χ0n) is 7.66. The number of alkyl halides is 6. The van der Waals surface area contributed by atoms with Gasteiger partial charge in [0.15, 0.2) is 0 Å². The van der Waals surface area contributed by atoms with Gasteiger partial charge in [0.2, 0.25) is 0 Å². The van der Waals surface area contributed by atoms with Gasteiger partial charge in [-0.2, -0.15) is 34.8 Å². The van der Waals surface area contributed by atoms with E-state index in [9.17, 15) is 43.5 Å². The van der Waals surface area contributed by atoms with Crippen molar-refractivity contribution in [2.75, 3.05) is 0 Å². The summed E-state index contributed by atoms with van der Waals surface area (Å²) in [7, 11) is -12.2. The molecule has 0 aromatic rings. The van der Waals surface area contributed by atoms with Gasteiger partial charge in [-0.3, -0.25) is 0 Å². The van der Waals surface area contributed by atoms with Crippen molar-refractivity contribution >= 4 is 18.1 Å². The maximum Gasteiger partial charge on any atom is 0.455 e. The summed E-state index contributed by atoms with van der Waals surface area (Å²) in [5.74, 6) is 0. The van der Waals surface area contributed by atoms with E-state index >= 15 is 0 Å². The molecule has 0 spiro atoms. The first-order chi connectivity index (χ1) is 7.55. The molecule has 0 aromatic carbocycles. The first-order valence-electron chi connectivity index (χ1n) is 3.43. The Kier molecular flexibility index (Phi) is 4.80. The largest absolute Gasteiger partial charge is 0.455 e. The normalized spacial score (nSPS) is 17.8. The molecule has 1 unspecified atom stereocenters. The van der Waals surface area contributed by atoms with E-state index in [0.29, 0.717) is 0 Å². The van der Waals surface area contributed by atoms with Crippen LogP contribution in [0.2, 0.25) is 0 Å². The van der Waals surface area contributed by atoms with E-state index in [4.69, 9.17) is 4.89 Å². The summed E-state index contributed by atoms with van der Waals surface area (Å²) in [5.41, 5.74) is 0.